The Morgan fingerprint density at radius 2 is 2.21 bits per heavy atom. The Hall–Kier alpha value is -0.830. The van der Waals surface area contributed by atoms with Crippen molar-refractivity contribution in [3.8, 4) is 0 Å². The molecule has 80 valence electrons. The highest BCUT2D eigenvalue weighted by Gasteiger charge is 2.15. The van der Waals surface area contributed by atoms with Gasteiger partial charge in [-0.05, 0) is 26.3 Å². The smallest absolute Gasteiger partial charge is 0.0762 e. The van der Waals surface area contributed by atoms with Gasteiger partial charge in [0, 0.05) is 25.3 Å². The molecule has 0 unspecified atom stereocenters. The maximum Gasteiger partial charge on any atom is 0.0762 e. The maximum atomic E-state index is 4.33. The first kappa shape index (κ1) is 11.2. The zero-order valence-corrected chi connectivity index (χ0v) is 9.67. The molecule has 1 heterocycles. The number of aromatic nitrogens is 2. The minimum absolute atomic E-state index is 0.215. The molecule has 0 atom stereocenters. The van der Waals surface area contributed by atoms with Gasteiger partial charge in [-0.2, -0.15) is 5.10 Å². The third kappa shape index (κ3) is 3.50. The lowest BCUT2D eigenvalue weighted by molar-refractivity contribution is 0.354. The van der Waals surface area contributed by atoms with Crippen LogP contribution >= 0.6 is 0 Å². The molecule has 1 aromatic heterocycles. The normalized spacial score (nSPS) is 12.0. The Balaban J connectivity index is 2.40. The fourth-order valence-corrected chi connectivity index (χ4v) is 1.60. The Bertz CT molecular complexity index is 276. The number of aryl methyl sites for hydroxylation is 1. The van der Waals surface area contributed by atoms with Gasteiger partial charge in [-0.1, -0.05) is 13.3 Å². The highest BCUT2D eigenvalue weighted by Crippen LogP contribution is 2.11. The molecule has 3 heteroatoms. The Morgan fingerprint density at radius 1 is 1.50 bits per heavy atom. The lowest BCUT2D eigenvalue weighted by atomic mass is 9.99. The molecule has 0 amide bonds. The maximum absolute atomic E-state index is 4.33. The fourth-order valence-electron chi connectivity index (χ4n) is 1.60. The fraction of sp³-hybridized carbons (Fsp3) is 0.727. The molecule has 0 aliphatic heterocycles. The van der Waals surface area contributed by atoms with Gasteiger partial charge in [0.2, 0.25) is 0 Å². The van der Waals surface area contributed by atoms with E-state index >= 15 is 0 Å². The molecule has 14 heavy (non-hydrogen) atoms. The molecule has 1 rings (SSSR count). The van der Waals surface area contributed by atoms with Crippen LogP contribution in [0.5, 0.6) is 0 Å². The number of rotatable bonds is 5. The van der Waals surface area contributed by atoms with Crippen LogP contribution in [0.1, 0.15) is 39.3 Å². The second-order valence-corrected chi connectivity index (χ2v) is 4.47. The summed E-state index contributed by atoms with van der Waals surface area (Å²) in [5.74, 6) is 0. The third-order valence-corrected chi connectivity index (χ3v) is 2.39. The predicted molar refractivity (Wildman–Crippen MR) is 59.0 cm³/mol. The highest BCUT2D eigenvalue weighted by atomic mass is 15.3. The summed E-state index contributed by atoms with van der Waals surface area (Å²) in [6.45, 7) is 7.54. The summed E-state index contributed by atoms with van der Waals surface area (Å²) >= 11 is 0. The van der Waals surface area contributed by atoms with Crippen LogP contribution in [0, 0.1) is 0 Å². The van der Waals surface area contributed by atoms with Crippen LogP contribution in [0.15, 0.2) is 12.3 Å². The molecule has 0 saturated carbocycles. The Labute approximate surface area is 86.5 Å². The molecule has 0 radical (unpaired) electrons. The summed E-state index contributed by atoms with van der Waals surface area (Å²) in [4.78, 5) is 0. The van der Waals surface area contributed by atoms with E-state index in [0.29, 0.717) is 0 Å². The van der Waals surface area contributed by atoms with E-state index in [1.165, 1.54) is 12.8 Å². The van der Waals surface area contributed by atoms with Crippen molar-refractivity contribution in [1.82, 2.24) is 15.1 Å². The third-order valence-electron chi connectivity index (χ3n) is 2.39. The van der Waals surface area contributed by atoms with Crippen molar-refractivity contribution in [3.05, 3.63) is 18.0 Å². The summed E-state index contributed by atoms with van der Waals surface area (Å²) < 4.78 is 1.84. The van der Waals surface area contributed by atoms with Gasteiger partial charge in [-0.25, -0.2) is 0 Å². The average molecular weight is 195 g/mol. The van der Waals surface area contributed by atoms with Crippen LogP contribution in [0.25, 0.3) is 0 Å². The topological polar surface area (TPSA) is 29.9 Å². The van der Waals surface area contributed by atoms with Gasteiger partial charge in [0.1, 0.15) is 0 Å². The van der Waals surface area contributed by atoms with Crippen molar-refractivity contribution < 1.29 is 0 Å². The van der Waals surface area contributed by atoms with Crippen LogP contribution in [0.4, 0.5) is 0 Å². The van der Waals surface area contributed by atoms with Crippen LogP contribution in [0.3, 0.4) is 0 Å². The van der Waals surface area contributed by atoms with Crippen molar-refractivity contribution in [2.75, 3.05) is 0 Å². The Morgan fingerprint density at radius 3 is 2.71 bits per heavy atom. The largest absolute Gasteiger partial charge is 0.306 e. The SMILES string of the molecule is CCCC(C)(C)NCc1ccn(C)n1. The van der Waals surface area contributed by atoms with E-state index in [1.54, 1.807) is 0 Å². The number of nitrogens with one attached hydrogen (secondary N) is 1. The van der Waals surface area contributed by atoms with E-state index in [9.17, 15) is 0 Å². The van der Waals surface area contributed by atoms with Crippen molar-refractivity contribution in [1.29, 1.82) is 0 Å². The summed E-state index contributed by atoms with van der Waals surface area (Å²) in [5, 5.41) is 7.84. The van der Waals surface area contributed by atoms with E-state index in [1.807, 2.05) is 17.9 Å². The Kier molecular flexibility index (Phi) is 3.69. The second-order valence-electron chi connectivity index (χ2n) is 4.47. The van der Waals surface area contributed by atoms with E-state index < -0.39 is 0 Å². The zero-order valence-electron chi connectivity index (χ0n) is 9.67. The minimum atomic E-state index is 0.215. The summed E-state index contributed by atoms with van der Waals surface area (Å²) in [6.07, 6.45) is 4.38. The lowest BCUT2D eigenvalue weighted by Crippen LogP contribution is -2.38. The predicted octanol–water partition coefficient (Wildman–Crippen LogP) is 2.09. The van der Waals surface area contributed by atoms with Gasteiger partial charge >= 0.3 is 0 Å². The van der Waals surface area contributed by atoms with E-state index in [2.05, 4.69) is 37.3 Å². The van der Waals surface area contributed by atoms with Crippen LogP contribution in [0.2, 0.25) is 0 Å². The van der Waals surface area contributed by atoms with Gasteiger partial charge in [0.25, 0.3) is 0 Å². The summed E-state index contributed by atoms with van der Waals surface area (Å²) in [5.41, 5.74) is 1.32. The van der Waals surface area contributed by atoms with E-state index in [4.69, 9.17) is 0 Å². The van der Waals surface area contributed by atoms with Crippen molar-refractivity contribution >= 4 is 0 Å². The van der Waals surface area contributed by atoms with Crippen molar-refractivity contribution in [2.24, 2.45) is 7.05 Å². The minimum Gasteiger partial charge on any atom is -0.306 e. The molecule has 0 aliphatic rings. The average Bonchev–Trinajstić information content (AvgIpc) is 2.48. The van der Waals surface area contributed by atoms with Crippen LogP contribution < -0.4 is 5.32 Å². The molecule has 0 saturated heterocycles. The first-order chi connectivity index (χ1) is 6.53. The molecular weight excluding hydrogens is 174 g/mol. The summed E-state index contributed by atoms with van der Waals surface area (Å²) in [7, 11) is 1.95. The molecular formula is C11H21N3. The van der Waals surface area contributed by atoms with Crippen molar-refractivity contribution in [2.45, 2.75) is 45.7 Å². The van der Waals surface area contributed by atoms with Crippen LogP contribution in [-0.2, 0) is 13.6 Å². The lowest BCUT2D eigenvalue weighted by Gasteiger charge is -2.25. The van der Waals surface area contributed by atoms with Gasteiger partial charge in [-0.3, -0.25) is 4.68 Å². The van der Waals surface area contributed by atoms with Crippen molar-refractivity contribution in [3.63, 3.8) is 0 Å². The molecule has 3 nitrogen and oxygen atoms in total. The monoisotopic (exact) mass is 195 g/mol. The standard InChI is InChI=1S/C11H21N3/c1-5-7-11(2,3)12-9-10-6-8-14(4)13-10/h6,8,12H,5,7,9H2,1-4H3. The summed E-state index contributed by atoms with van der Waals surface area (Å²) in [6, 6.07) is 2.05. The number of nitrogens with zero attached hydrogens (tertiary/aromatic N) is 2. The van der Waals surface area contributed by atoms with Gasteiger partial charge in [0.05, 0.1) is 5.69 Å². The molecule has 1 aromatic rings. The zero-order chi connectivity index (χ0) is 10.6. The van der Waals surface area contributed by atoms with Gasteiger partial charge < -0.3 is 5.32 Å². The number of hydrogen-bond donors (Lipinski definition) is 1. The first-order valence-electron chi connectivity index (χ1n) is 5.27. The van der Waals surface area contributed by atoms with Crippen LogP contribution in [-0.4, -0.2) is 15.3 Å². The molecule has 0 aliphatic carbocycles. The van der Waals surface area contributed by atoms with Gasteiger partial charge in [-0.15, -0.1) is 0 Å². The second kappa shape index (κ2) is 4.60. The molecule has 0 bridgehead atoms. The molecule has 1 N–H and O–H groups in total. The number of hydrogen-bond acceptors (Lipinski definition) is 2. The quantitative estimate of drug-likeness (QED) is 0.779. The van der Waals surface area contributed by atoms with E-state index in [-0.39, 0.29) is 5.54 Å². The first-order valence-corrected chi connectivity index (χ1v) is 5.27. The van der Waals surface area contributed by atoms with E-state index in [0.717, 1.165) is 12.2 Å². The highest BCUT2D eigenvalue weighted by molar-refractivity contribution is 4.99. The molecule has 0 spiro atoms. The molecule has 0 fully saturated rings. The molecule has 0 aromatic carbocycles. The van der Waals surface area contributed by atoms with Gasteiger partial charge in [0.15, 0.2) is 0 Å².